The lowest BCUT2D eigenvalue weighted by molar-refractivity contribution is 0.0526. The molecule has 0 radical (unpaired) electrons. The van der Waals surface area contributed by atoms with Crippen LogP contribution in [0.25, 0.3) is 0 Å². The number of rotatable bonds is 5. The summed E-state index contributed by atoms with van der Waals surface area (Å²) in [7, 11) is 0. The number of ether oxygens (including phenoxy) is 1. The molecule has 0 amide bonds. The molecule has 1 aliphatic heterocycles. The van der Waals surface area contributed by atoms with Crippen LogP contribution in [0.5, 0.6) is 0 Å². The Hall–Kier alpha value is -0.680. The summed E-state index contributed by atoms with van der Waals surface area (Å²) in [4.78, 5) is 4.38. The largest absolute Gasteiger partial charge is 0.379 e. The maximum atomic E-state index is 5.62. The summed E-state index contributed by atoms with van der Waals surface area (Å²) in [6.45, 7) is 3.76. The van der Waals surface area contributed by atoms with Crippen LogP contribution in [0.1, 0.15) is 25.0 Å². The minimum atomic E-state index is 0. The van der Waals surface area contributed by atoms with Crippen molar-refractivity contribution < 1.29 is 4.74 Å². The summed E-state index contributed by atoms with van der Waals surface area (Å²) in [5, 5.41) is 7.36. The van der Waals surface area contributed by atoms with E-state index in [4.69, 9.17) is 4.74 Å². The second kappa shape index (κ2) is 8.69. The first kappa shape index (κ1) is 16.7. The third-order valence-electron chi connectivity index (χ3n) is 4.55. The summed E-state index contributed by atoms with van der Waals surface area (Å²) >= 11 is 0. The van der Waals surface area contributed by atoms with Gasteiger partial charge in [0.2, 0.25) is 0 Å². The lowest BCUT2D eigenvalue weighted by atomic mass is 9.94. The van der Waals surface area contributed by atoms with Crippen molar-refractivity contribution in [2.45, 2.75) is 37.8 Å². The van der Waals surface area contributed by atoms with Gasteiger partial charge in [-0.3, -0.25) is 4.98 Å². The van der Waals surface area contributed by atoms with Crippen molar-refractivity contribution in [3.63, 3.8) is 0 Å². The summed E-state index contributed by atoms with van der Waals surface area (Å²) < 4.78 is 5.62. The van der Waals surface area contributed by atoms with Crippen molar-refractivity contribution in [2.75, 3.05) is 26.3 Å². The molecule has 2 aliphatic rings. The quantitative estimate of drug-likeness (QED) is 0.870. The number of hydrogen-bond donors (Lipinski definition) is 2. The molecule has 3 atom stereocenters. The number of pyridine rings is 1. The van der Waals surface area contributed by atoms with Crippen molar-refractivity contribution in [1.82, 2.24) is 15.6 Å². The zero-order chi connectivity index (χ0) is 13.6. The van der Waals surface area contributed by atoms with Crippen molar-refractivity contribution in [3.05, 3.63) is 30.1 Å². The van der Waals surface area contributed by atoms with E-state index in [-0.39, 0.29) is 12.4 Å². The zero-order valence-electron chi connectivity index (χ0n) is 12.5. The average Bonchev–Trinajstić information content (AvgIpc) is 2.98. The zero-order valence-corrected chi connectivity index (χ0v) is 13.3. The fourth-order valence-corrected chi connectivity index (χ4v) is 3.52. The molecular formula is C16H26ClN3O. The van der Waals surface area contributed by atoms with Crippen LogP contribution in [0.15, 0.2) is 24.4 Å². The first-order chi connectivity index (χ1) is 9.93. The Bertz CT molecular complexity index is 398. The van der Waals surface area contributed by atoms with Crippen molar-refractivity contribution in [3.8, 4) is 0 Å². The minimum Gasteiger partial charge on any atom is -0.379 e. The van der Waals surface area contributed by atoms with Crippen molar-refractivity contribution >= 4 is 12.4 Å². The first-order valence-electron chi connectivity index (χ1n) is 7.88. The highest BCUT2D eigenvalue weighted by molar-refractivity contribution is 5.85. The SMILES string of the molecule is Cl.c1ccc(CCNC2CCCC2C2COCCN2)nc1. The number of nitrogens with zero attached hydrogens (tertiary/aromatic N) is 1. The normalized spacial score (nSPS) is 29.0. The van der Waals surface area contributed by atoms with Gasteiger partial charge in [-0.15, -0.1) is 12.4 Å². The van der Waals surface area contributed by atoms with Crippen LogP contribution in [-0.4, -0.2) is 43.4 Å². The maximum absolute atomic E-state index is 5.62. The van der Waals surface area contributed by atoms with Gasteiger partial charge < -0.3 is 15.4 Å². The summed E-state index contributed by atoms with van der Waals surface area (Å²) in [5.74, 6) is 0.721. The molecular weight excluding hydrogens is 286 g/mol. The molecule has 3 rings (SSSR count). The fraction of sp³-hybridized carbons (Fsp3) is 0.688. The van der Waals surface area contributed by atoms with E-state index in [2.05, 4.69) is 27.8 Å². The van der Waals surface area contributed by atoms with E-state index in [9.17, 15) is 0 Å². The highest BCUT2D eigenvalue weighted by atomic mass is 35.5. The lowest BCUT2D eigenvalue weighted by Gasteiger charge is -2.33. The average molecular weight is 312 g/mol. The van der Waals surface area contributed by atoms with Gasteiger partial charge in [-0.1, -0.05) is 12.5 Å². The number of aromatic nitrogens is 1. The monoisotopic (exact) mass is 311 g/mol. The molecule has 1 saturated carbocycles. The van der Waals surface area contributed by atoms with Gasteiger partial charge in [0.15, 0.2) is 0 Å². The van der Waals surface area contributed by atoms with Gasteiger partial charge in [-0.2, -0.15) is 0 Å². The lowest BCUT2D eigenvalue weighted by Crippen LogP contribution is -2.51. The second-order valence-corrected chi connectivity index (χ2v) is 5.86. The molecule has 0 bridgehead atoms. The van der Waals surface area contributed by atoms with Crippen LogP contribution in [0.3, 0.4) is 0 Å². The van der Waals surface area contributed by atoms with E-state index in [0.717, 1.165) is 38.6 Å². The van der Waals surface area contributed by atoms with E-state index in [1.165, 1.54) is 25.0 Å². The molecule has 1 aromatic heterocycles. The number of hydrogen-bond acceptors (Lipinski definition) is 4. The molecule has 2 heterocycles. The molecule has 5 heteroatoms. The topological polar surface area (TPSA) is 46.2 Å². The molecule has 21 heavy (non-hydrogen) atoms. The molecule has 0 aromatic carbocycles. The van der Waals surface area contributed by atoms with Gasteiger partial charge >= 0.3 is 0 Å². The summed E-state index contributed by atoms with van der Waals surface area (Å²) in [6, 6.07) is 7.31. The Balaban J connectivity index is 0.00000161. The predicted molar refractivity (Wildman–Crippen MR) is 86.9 cm³/mol. The van der Waals surface area contributed by atoms with E-state index < -0.39 is 0 Å². The Kier molecular flexibility index (Phi) is 6.90. The van der Waals surface area contributed by atoms with Gasteiger partial charge in [-0.05, 0) is 30.9 Å². The smallest absolute Gasteiger partial charge is 0.0623 e. The summed E-state index contributed by atoms with van der Waals surface area (Å²) in [6.07, 6.45) is 6.84. The third-order valence-corrected chi connectivity index (χ3v) is 4.55. The molecule has 118 valence electrons. The Labute approximate surface area is 133 Å². The molecule has 1 aromatic rings. The molecule has 2 fully saturated rings. The highest BCUT2D eigenvalue weighted by Gasteiger charge is 2.34. The number of morpholine rings is 1. The maximum Gasteiger partial charge on any atom is 0.0623 e. The summed E-state index contributed by atoms with van der Waals surface area (Å²) in [5.41, 5.74) is 1.17. The van der Waals surface area contributed by atoms with E-state index >= 15 is 0 Å². The van der Waals surface area contributed by atoms with Crippen LogP contribution in [0.4, 0.5) is 0 Å². The van der Waals surface area contributed by atoms with Crippen LogP contribution in [0, 0.1) is 5.92 Å². The van der Waals surface area contributed by atoms with Crippen molar-refractivity contribution in [2.24, 2.45) is 5.92 Å². The highest BCUT2D eigenvalue weighted by Crippen LogP contribution is 2.29. The molecule has 1 aliphatic carbocycles. The Morgan fingerprint density at radius 1 is 1.33 bits per heavy atom. The van der Waals surface area contributed by atoms with Crippen LogP contribution < -0.4 is 10.6 Å². The number of halogens is 1. The van der Waals surface area contributed by atoms with Gasteiger partial charge in [0.05, 0.1) is 13.2 Å². The molecule has 2 N–H and O–H groups in total. The Morgan fingerprint density at radius 2 is 2.29 bits per heavy atom. The van der Waals surface area contributed by atoms with E-state index in [1.54, 1.807) is 0 Å². The predicted octanol–water partition coefficient (Wildman–Crippen LogP) is 1.79. The molecule has 4 nitrogen and oxygen atoms in total. The van der Waals surface area contributed by atoms with E-state index in [0.29, 0.717) is 12.1 Å². The standard InChI is InChI=1S/C16H25N3O.ClH/c1-2-8-17-13(4-1)7-9-18-15-6-3-5-14(15)16-12-20-11-10-19-16;/h1-2,4,8,14-16,18-19H,3,5-7,9-12H2;1H. The molecule has 0 spiro atoms. The van der Waals surface area contributed by atoms with Crippen LogP contribution >= 0.6 is 12.4 Å². The third kappa shape index (κ3) is 4.65. The van der Waals surface area contributed by atoms with Gasteiger partial charge in [0, 0.05) is 43.5 Å². The van der Waals surface area contributed by atoms with Gasteiger partial charge in [-0.25, -0.2) is 0 Å². The second-order valence-electron chi connectivity index (χ2n) is 5.86. The van der Waals surface area contributed by atoms with Crippen molar-refractivity contribution in [1.29, 1.82) is 0 Å². The minimum absolute atomic E-state index is 0. The van der Waals surface area contributed by atoms with Crippen LogP contribution in [-0.2, 0) is 11.2 Å². The van der Waals surface area contributed by atoms with Gasteiger partial charge in [0.1, 0.15) is 0 Å². The first-order valence-corrected chi connectivity index (χ1v) is 7.88. The number of nitrogens with one attached hydrogen (secondary N) is 2. The van der Waals surface area contributed by atoms with Gasteiger partial charge in [0.25, 0.3) is 0 Å². The van der Waals surface area contributed by atoms with E-state index in [1.807, 2.05) is 12.3 Å². The Morgan fingerprint density at radius 3 is 3.05 bits per heavy atom. The van der Waals surface area contributed by atoms with Crippen LogP contribution in [0.2, 0.25) is 0 Å². The fourth-order valence-electron chi connectivity index (χ4n) is 3.52. The molecule has 1 saturated heterocycles. The molecule has 3 unspecified atom stereocenters.